The van der Waals surface area contributed by atoms with Crippen LogP contribution in [0.1, 0.15) is 38.2 Å². The SMILES string of the molecule is C[C@]12CCCC[C@H]1[C@@H]2C(=O)NN=Cc1ccc(Br)cc1. The third-order valence-electron chi connectivity index (χ3n) is 4.87. The van der Waals surface area contributed by atoms with E-state index in [9.17, 15) is 4.79 Å². The van der Waals surface area contributed by atoms with Gasteiger partial charge in [0.2, 0.25) is 5.91 Å². The number of hydrogen-bond donors (Lipinski definition) is 1. The number of rotatable bonds is 3. The summed E-state index contributed by atoms with van der Waals surface area (Å²) >= 11 is 3.39. The number of hydrazone groups is 1. The van der Waals surface area contributed by atoms with Crippen molar-refractivity contribution in [3.8, 4) is 0 Å². The summed E-state index contributed by atoms with van der Waals surface area (Å²) in [5.74, 6) is 0.846. The lowest BCUT2D eigenvalue weighted by Gasteiger charge is -2.15. The van der Waals surface area contributed by atoms with Crippen molar-refractivity contribution in [1.82, 2.24) is 5.43 Å². The third kappa shape index (κ3) is 2.53. The van der Waals surface area contributed by atoms with E-state index in [0.717, 1.165) is 10.0 Å². The minimum atomic E-state index is 0.0905. The van der Waals surface area contributed by atoms with Crippen molar-refractivity contribution in [1.29, 1.82) is 0 Å². The number of amides is 1. The molecular weight excluding hydrogens is 316 g/mol. The second-order valence-electron chi connectivity index (χ2n) is 6.12. The second-order valence-corrected chi connectivity index (χ2v) is 7.04. The smallest absolute Gasteiger partial charge is 0.244 e. The van der Waals surface area contributed by atoms with Gasteiger partial charge in [-0.05, 0) is 41.9 Å². The molecule has 3 rings (SSSR count). The molecule has 0 spiro atoms. The van der Waals surface area contributed by atoms with Crippen molar-refractivity contribution in [3.05, 3.63) is 34.3 Å². The van der Waals surface area contributed by atoms with Crippen LogP contribution >= 0.6 is 15.9 Å². The van der Waals surface area contributed by atoms with Gasteiger partial charge in [-0.2, -0.15) is 5.10 Å². The number of fused-ring (bicyclic) bond motifs is 1. The van der Waals surface area contributed by atoms with Gasteiger partial charge in [0.1, 0.15) is 0 Å². The minimum Gasteiger partial charge on any atom is -0.273 e. The van der Waals surface area contributed by atoms with Gasteiger partial charge in [-0.1, -0.05) is 47.8 Å². The monoisotopic (exact) mass is 334 g/mol. The molecule has 0 bridgehead atoms. The van der Waals surface area contributed by atoms with Gasteiger partial charge in [0.05, 0.1) is 6.21 Å². The Labute approximate surface area is 128 Å². The molecule has 3 atom stereocenters. The first-order valence-corrected chi connectivity index (χ1v) is 7.99. The van der Waals surface area contributed by atoms with Crippen LogP contribution in [0.5, 0.6) is 0 Å². The van der Waals surface area contributed by atoms with Crippen LogP contribution in [0, 0.1) is 17.3 Å². The normalized spacial score (nSPS) is 31.9. The quantitative estimate of drug-likeness (QED) is 0.664. The van der Waals surface area contributed by atoms with E-state index in [1.54, 1.807) is 6.21 Å². The summed E-state index contributed by atoms with van der Waals surface area (Å²) in [6.07, 6.45) is 6.61. The highest BCUT2D eigenvalue weighted by atomic mass is 79.9. The summed E-state index contributed by atoms with van der Waals surface area (Å²) in [5.41, 5.74) is 3.93. The Bertz CT molecular complexity index is 540. The van der Waals surface area contributed by atoms with Gasteiger partial charge in [-0.25, -0.2) is 5.43 Å². The van der Waals surface area contributed by atoms with Crippen molar-refractivity contribution < 1.29 is 4.79 Å². The lowest BCUT2D eigenvalue weighted by Crippen LogP contribution is -2.22. The molecule has 1 aromatic rings. The van der Waals surface area contributed by atoms with Crippen LogP contribution in [0.3, 0.4) is 0 Å². The van der Waals surface area contributed by atoms with Gasteiger partial charge < -0.3 is 0 Å². The molecule has 1 aromatic carbocycles. The standard InChI is InChI=1S/C16H19BrN2O/c1-16-9-3-2-4-13(16)14(16)15(20)19-18-10-11-5-7-12(17)8-6-11/h5-8,10,13-14H,2-4,9H2,1H3,(H,19,20)/t13-,14+,16-/m0/s1. The Morgan fingerprint density at radius 2 is 2.15 bits per heavy atom. The van der Waals surface area contributed by atoms with Crippen LogP contribution in [-0.4, -0.2) is 12.1 Å². The molecule has 0 aromatic heterocycles. The third-order valence-corrected chi connectivity index (χ3v) is 5.40. The molecule has 1 N–H and O–H groups in total. The molecular formula is C16H19BrN2O. The summed E-state index contributed by atoms with van der Waals surface area (Å²) in [4.78, 5) is 12.2. The zero-order valence-corrected chi connectivity index (χ0v) is 13.2. The first kappa shape index (κ1) is 13.8. The molecule has 2 aliphatic carbocycles. The number of halogens is 1. The van der Waals surface area contributed by atoms with Gasteiger partial charge in [0.15, 0.2) is 0 Å². The highest BCUT2D eigenvalue weighted by Gasteiger charge is 2.64. The molecule has 2 fully saturated rings. The van der Waals surface area contributed by atoms with Crippen LogP contribution < -0.4 is 5.43 Å². The van der Waals surface area contributed by atoms with Crippen molar-refractivity contribution in [3.63, 3.8) is 0 Å². The van der Waals surface area contributed by atoms with Crippen molar-refractivity contribution >= 4 is 28.1 Å². The molecule has 2 aliphatic rings. The van der Waals surface area contributed by atoms with E-state index in [1.807, 2.05) is 24.3 Å². The summed E-state index contributed by atoms with van der Waals surface area (Å²) in [6.45, 7) is 2.25. The molecule has 3 nitrogen and oxygen atoms in total. The number of nitrogens with one attached hydrogen (secondary N) is 1. The number of benzene rings is 1. The first-order chi connectivity index (χ1) is 9.61. The maximum atomic E-state index is 12.2. The van der Waals surface area contributed by atoms with Crippen LogP contribution in [0.4, 0.5) is 0 Å². The van der Waals surface area contributed by atoms with E-state index < -0.39 is 0 Å². The van der Waals surface area contributed by atoms with Gasteiger partial charge >= 0.3 is 0 Å². The van der Waals surface area contributed by atoms with Crippen molar-refractivity contribution in [2.24, 2.45) is 22.4 Å². The van der Waals surface area contributed by atoms with E-state index in [4.69, 9.17) is 0 Å². The molecule has 0 unspecified atom stereocenters. The molecule has 2 saturated carbocycles. The first-order valence-electron chi connectivity index (χ1n) is 7.20. The molecule has 4 heteroatoms. The highest BCUT2D eigenvalue weighted by Crippen LogP contribution is 2.66. The maximum absolute atomic E-state index is 12.2. The molecule has 1 amide bonds. The summed E-state index contributed by atoms with van der Waals surface area (Å²) < 4.78 is 1.04. The largest absolute Gasteiger partial charge is 0.273 e. The van der Waals surface area contributed by atoms with Crippen LogP contribution in [-0.2, 0) is 4.79 Å². The van der Waals surface area contributed by atoms with Crippen LogP contribution in [0.2, 0.25) is 0 Å². The fraction of sp³-hybridized carbons (Fsp3) is 0.500. The van der Waals surface area contributed by atoms with E-state index in [-0.39, 0.29) is 17.2 Å². The number of nitrogens with zero attached hydrogens (tertiary/aromatic N) is 1. The second kappa shape index (κ2) is 5.32. The summed E-state index contributed by atoms with van der Waals surface area (Å²) in [7, 11) is 0. The minimum absolute atomic E-state index is 0.0905. The number of hydrogen-bond acceptors (Lipinski definition) is 2. The van der Waals surface area contributed by atoms with Crippen LogP contribution in [0.15, 0.2) is 33.8 Å². The van der Waals surface area contributed by atoms with Gasteiger partial charge in [-0.3, -0.25) is 4.79 Å². The predicted octanol–water partition coefficient (Wildman–Crippen LogP) is 3.73. The molecule has 20 heavy (non-hydrogen) atoms. The Morgan fingerprint density at radius 3 is 2.80 bits per heavy atom. The average molecular weight is 335 g/mol. The Balaban J connectivity index is 1.56. The number of carbonyl (C=O) groups excluding carboxylic acids is 1. The summed E-state index contributed by atoms with van der Waals surface area (Å²) in [5, 5.41) is 4.08. The molecule has 0 radical (unpaired) electrons. The average Bonchev–Trinajstić information content (AvgIpc) is 3.06. The predicted molar refractivity (Wildman–Crippen MR) is 83.4 cm³/mol. The highest BCUT2D eigenvalue weighted by molar-refractivity contribution is 9.10. The van der Waals surface area contributed by atoms with Crippen LogP contribution in [0.25, 0.3) is 0 Å². The van der Waals surface area contributed by atoms with E-state index >= 15 is 0 Å². The van der Waals surface area contributed by atoms with E-state index in [2.05, 4.69) is 33.4 Å². The Morgan fingerprint density at radius 1 is 1.40 bits per heavy atom. The summed E-state index contributed by atoms with van der Waals surface area (Å²) in [6, 6.07) is 7.83. The zero-order valence-electron chi connectivity index (χ0n) is 11.6. The molecule has 0 aliphatic heterocycles. The topological polar surface area (TPSA) is 41.5 Å². The van der Waals surface area contributed by atoms with Crippen molar-refractivity contribution in [2.75, 3.05) is 0 Å². The fourth-order valence-corrected chi connectivity index (χ4v) is 3.90. The van der Waals surface area contributed by atoms with E-state index in [1.165, 1.54) is 25.7 Å². The molecule has 106 valence electrons. The maximum Gasteiger partial charge on any atom is 0.244 e. The van der Waals surface area contributed by atoms with Gasteiger partial charge in [-0.15, -0.1) is 0 Å². The van der Waals surface area contributed by atoms with Crippen molar-refractivity contribution in [2.45, 2.75) is 32.6 Å². The molecule has 0 saturated heterocycles. The van der Waals surface area contributed by atoms with Gasteiger partial charge in [0, 0.05) is 10.4 Å². The lowest BCUT2D eigenvalue weighted by atomic mass is 9.90. The van der Waals surface area contributed by atoms with E-state index in [0.29, 0.717) is 5.92 Å². The molecule has 0 heterocycles. The fourth-order valence-electron chi connectivity index (χ4n) is 3.64. The number of carbonyl (C=O) groups is 1. The Kier molecular flexibility index (Phi) is 3.67. The lowest BCUT2D eigenvalue weighted by molar-refractivity contribution is -0.123. The zero-order chi connectivity index (χ0) is 14.2. The Hall–Kier alpha value is -1.16. The van der Waals surface area contributed by atoms with Gasteiger partial charge in [0.25, 0.3) is 0 Å².